The average molecular weight is 428 g/mol. The number of benzene rings is 3. The van der Waals surface area contributed by atoms with Crippen LogP contribution in [0.25, 0.3) is 21.8 Å². The standard InChI is InChI=1S/C25H24N4O3/c1-25(2,26)21-11-10-19(29(31)32)15-16(21)12-13-27-24(30)20-8-5-7-18-14-17-6-3-4-9-22(17)28-23(18)20/h3-11,14-15H,12-13,26H2,1-2H3,(H,27,30). The zero-order valence-electron chi connectivity index (χ0n) is 18.0. The maximum absolute atomic E-state index is 13.0. The number of non-ortho nitro benzene ring substituents is 1. The first-order chi connectivity index (χ1) is 15.2. The van der Waals surface area contributed by atoms with E-state index < -0.39 is 10.5 Å². The van der Waals surface area contributed by atoms with Crippen LogP contribution in [0.1, 0.15) is 35.3 Å². The number of hydrogen-bond acceptors (Lipinski definition) is 5. The summed E-state index contributed by atoms with van der Waals surface area (Å²) in [6, 6.07) is 20.0. The van der Waals surface area contributed by atoms with E-state index in [1.54, 1.807) is 12.1 Å². The highest BCUT2D eigenvalue weighted by atomic mass is 16.6. The van der Waals surface area contributed by atoms with Gasteiger partial charge in [-0.15, -0.1) is 0 Å². The summed E-state index contributed by atoms with van der Waals surface area (Å²) >= 11 is 0. The number of nitro groups is 1. The molecule has 0 radical (unpaired) electrons. The predicted octanol–water partition coefficient (Wildman–Crippen LogP) is 4.46. The number of nitrogens with zero attached hydrogens (tertiary/aromatic N) is 2. The molecule has 7 nitrogen and oxygen atoms in total. The van der Waals surface area contributed by atoms with Crippen molar-refractivity contribution in [2.45, 2.75) is 25.8 Å². The number of aromatic nitrogens is 1. The summed E-state index contributed by atoms with van der Waals surface area (Å²) in [5.74, 6) is -0.239. The van der Waals surface area contributed by atoms with Crippen molar-refractivity contribution in [3.8, 4) is 0 Å². The van der Waals surface area contributed by atoms with E-state index in [1.165, 1.54) is 12.1 Å². The largest absolute Gasteiger partial charge is 0.352 e. The SMILES string of the molecule is CC(C)(N)c1ccc([N+](=O)[O-])cc1CCNC(=O)c1cccc2cc3ccccc3nc12. The van der Waals surface area contributed by atoms with Gasteiger partial charge in [-0.3, -0.25) is 14.9 Å². The summed E-state index contributed by atoms with van der Waals surface area (Å²) in [6.07, 6.45) is 0.421. The summed E-state index contributed by atoms with van der Waals surface area (Å²) in [6.45, 7) is 4.01. The van der Waals surface area contributed by atoms with Gasteiger partial charge in [0.25, 0.3) is 11.6 Å². The Morgan fingerprint density at radius 3 is 2.56 bits per heavy atom. The zero-order chi connectivity index (χ0) is 22.9. The van der Waals surface area contributed by atoms with Crippen molar-refractivity contribution >= 4 is 33.4 Å². The minimum atomic E-state index is -0.658. The van der Waals surface area contributed by atoms with Gasteiger partial charge in [0.15, 0.2) is 0 Å². The lowest BCUT2D eigenvalue weighted by Crippen LogP contribution is -2.31. The Bertz CT molecular complexity index is 1340. The number of nitrogens with one attached hydrogen (secondary N) is 1. The van der Waals surface area contributed by atoms with E-state index in [2.05, 4.69) is 5.32 Å². The fraction of sp³-hybridized carbons (Fsp3) is 0.200. The molecule has 0 unspecified atom stereocenters. The predicted molar refractivity (Wildman–Crippen MR) is 126 cm³/mol. The third-order valence-corrected chi connectivity index (χ3v) is 5.47. The molecule has 0 saturated carbocycles. The first kappa shape index (κ1) is 21.4. The molecule has 0 spiro atoms. The minimum Gasteiger partial charge on any atom is -0.352 e. The van der Waals surface area contributed by atoms with Crippen LogP contribution in [0, 0.1) is 10.1 Å². The Morgan fingerprint density at radius 2 is 1.81 bits per heavy atom. The summed E-state index contributed by atoms with van der Waals surface area (Å²) < 4.78 is 0. The molecule has 3 aromatic carbocycles. The van der Waals surface area contributed by atoms with Gasteiger partial charge in [0, 0.05) is 35.0 Å². The average Bonchev–Trinajstić information content (AvgIpc) is 2.76. The van der Waals surface area contributed by atoms with Gasteiger partial charge >= 0.3 is 0 Å². The van der Waals surface area contributed by atoms with Crippen molar-refractivity contribution in [2.24, 2.45) is 5.73 Å². The second kappa shape index (κ2) is 8.36. The van der Waals surface area contributed by atoms with Crippen molar-refractivity contribution in [2.75, 3.05) is 6.54 Å². The molecule has 0 atom stereocenters. The number of amides is 1. The number of carbonyl (C=O) groups is 1. The van der Waals surface area contributed by atoms with E-state index in [9.17, 15) is 14.9 Å². The fourth-order valence-corrected chi connectivity index (χ4v) is 3.92. The summed E-state index contributed by atoms with van der Waals surface area (Å²) in [4.78, 5) is 28.4. The molecular weight excluding hydrogens is 404 g/mol. The van der Waals surface area contributed by atoms with Crippen LogP contribution >= 0.6 is 0 Å². The molecule has 0 aliphatic carbocycles. The Kier molecular flexibility index (Phi) is 5.59. The monoisotopic (exact) mass is 428 g/mol. The molecule has 32 heavy (non-hydrogen) atoms. The molecule has 4 aromatic rings. The maximum Gasteiger partial charge on any atom is 0.269 e. The Labute approximate surface area is 185 Å². The van der Waals surface area contributed by atoms with Crippen molar-refractivity contribution in [1.29, 1.82) is 0 Å². The van der Waals surface area contributed by atoms with Gasteiger partial charge in [-0.2, -0.15) is 0 Å². The molecule has 0 saturated heterocycles. The second-order valence-corrected chi connectivity index (χ2v) is 8.38. The number of rotatable bonds is 6. The minimum absolute atomic E-state index is 0.00413. The molecule has 4 rings (SSSR count). The first-order valence-electron chi connectivity index (χ1n) is 10.4. The van der Waals surface area contributed by atoms with Gasteiger partial charge in [-0.25, -0.2) is 4.98 Å². The number of hydrogen-bond donors (Lipinski definition) is 2. The number of nitro benzene ring substituents is 1. The molecule has 162 valence electrons. The highest BCUT2D eigenvalue weighted by molar-refractivity contribution is 6.07. The summed E-state index contributed by atoms with van der Waals surface area (Å²) in [5.41, 5.74) is 9.11. The maximum atomic E-state index is 13.0. The van der Waals surface area contributed by atoms with Gasteiger partial charge in [-0.1, -0.05) is 36.4 Å². The first-order valence-corrected chi connectivity index (χ1v) is 10.4. The summed E-state index contributed by atoms with van der Waals surface area (Å²) in [5, 5.41) is 16.0. The Hall–Kier alpha value is -3.84. The molecule has 0 bridgehead atoms. The van der Waals surface area contributed by atoms with E-state index in [0.717, 1.165) is 27.4 Å². The van der Waals surface area contributed by atoms with Crippen LogP contribution in [0.5, 0.6) is 0 Å². The quantitative estimate of drug-likeness (QED) is 0.267. The van der Waals surface area contributed by atoms with E-state index in [-0.39, 0.29) is 11.6 Å². The number of fused-ring (bicyclic) bond motifs is 2. The lowest BCUT2D eigenvalue weighted by molar-refractivity contribution is -0.384. The van der Waals surface area contributed by atoms with Gasteiger partial charge in [0.1, 0.15) is 0 Å². The molecule has 0 aliphatic rings. The molecule has 1 aromatic heterocycles. The lowest BCUT2D eigenvalue weighted by Gasteiger charge is -2.23. The van der Waals surface area contributed by atoms with Crippen LogP contribution in [-0.2, 0) is 12.0 Å². The lowest BCUT2D eigenvalue weighted by atomic mass is 9.89. The smallest absolute Gasteiger partial charge is 0.269 e. The highest BCUT2D eigenvalue weighted by Gasteiger charge is 2.21. The molecule has 0 fully saturated rings. The third-order valence-electron chi connectivity index (χ3n) is 5.47. The second-order valence-electron chi connectivity index (χ2n) is 8.38. The molecule has 3 N–H and O–H groups in total. The third kappa shape index (κ3) is 4.29. The van der Waals surface area contributed by atoms with Gasteiger partial charge in [-0.05, 0) is 49.6 Å². The van der Waals surface area contributed by atoms with Crippen molar-refractivity contribution in [3.63, 3.8) is 0 Å². The molecule has 7 heteroatoms. The van der Waals surface area contributed by atoms with Crippen LogP contribution in [0.3, 0.4) is 0 Å². The van der Waals surface area contributed by atoms with E-state index in [4.69, 9.17) is 10.7 Å². The van der Waals surface area contributed by atoms with Crippen molar-refractivity contribution in [1.82, 2.24) is 10.3 Å². The number of pyridine rings is 1. The number of nitrogens with two attached hydrogens (primary N) is 1. The number of para-hydroxylation sites is 2. The van der Waals surface area contributed by atoms with Crippen LogP contribution in [0.15, 0.2) is 66.7 Å². The fourth-order valence-electron chi connectivity index (χ4n) is 3.92. The zero-order valence-corrected chi connectivity index (χ0v) is 18.0. The van der Waals surface area contributed by atoms with Crippen LogP contribution < -0.4 is 11.1 Å². The van der Waals surface area contributed by atoms with Gasteiger partial charge in [0.2, 0.25) is 0 Å². The van der Waals surface area contributed by atoms with Crippen LogP contribution in [-0.4, -0.2) is 22.4 Å². The molecule has 1 heterocycles. The molecule has 1 amide bonds. The van der Waals surface area contributed by atoms with E-state index in [0.29, 0.717) is 24.0 Å². The topological polar surface area (TPSA) is 111 Å². The normalized spacial score (nSPS) is 11.6. The van der Waals surface area contributed by atoms with Crippen LogP contribution in [0.4, 0.5) is 5.69 Å². The molecule has 0 aliphatic heterocycles. The van der Waals surface area contributed by atoms with Crippen molar-refractivity contribution < 1.29 is 9.72 Å². The Balaban J connectivity index is 1.57. The van der Waals surface area contributed by atoms with E-state index in [1.807, 2.05) is 56.3 Å². The molecular formula is C25H24N4O3. The van der Waals surface area contributed by atoms with Gasteiger partial charge < -0.3 is 11.1 Å². The van der Waals surface area contributed by atoms with Crippen LogP contribution in [0.2, 0.25) is 0 Å². The van der Waals surface area contributed by atoms with E-state index >= 15 is 0 Å². The highest BCUT2D eigenvalue weighted by Crippen LogP contribution is 2.26. The van der Waals surface area contributed by atoms with Crippen molar-refractivity contribution in [3.05, 3.63) is 93.5 Å². The Morgan fingerprint density at radius 1 is 1.06 bits per heavy atom. The summed E-state index contributed by atoms with van der Waals surface area (Å²) in [7, 11) is 0. The van der Waals surface area contributed by atoms with Gasteiger partial charge in [0.05, 0.1) is 21.5 Å². The number of carbonyl (C=O) groups excluding carboxylic acids is 1.